The molecule has 3 saturated carbocycles. The molecule has 12 heteroatoms. The third-order valence-corrected chi connectivity index (χ3v) is 8.23. The first-order valence-corrected chi connectivity index (χ1v) is 13.2. The van der Waals surface area contributed by atoms with E-state index in [9.17, 15) is 23.2 Å². The van der Waals surface area contributed by atoms with Crippen LogP contribution in [0.1, 0.15) is 51.0 Å². The van der Waals surface area contributed by atoms with Crippen LogP contribution in [0.5, 0.6) is 0 Å². The fraction of sp³-hybridized carbons (Fsp3) is 0.444. The molecule has 0 saturated heterocycles. The molecule has 9 nitrogen and oxygen atoms in total. The number of hydrogen-bond donors (Lipinski definition) is 2. The first-order valence-electron chi connectivity index (χ1n) is 12.7. The minimum Gasteiger partial charge on any atom is -0.469 e. The van der Waals surface area contributed by atoms with Crippen LogP contribution in [0, 0.1) is 22.5 Å². The van der Waals surface area contributed by atoms with Crippen molar-refractivity contribution in [2.45, 2.75) is 52.0 Å². The number of hydrogen-bond acceptors (Lipinski definition) is 7. The highest BCUT2D eigenvalue weighted by molar-refractivity contribution is 7.22. The number of halogens is 2. The smallest absolute Gasteiger partial charge is 0.311 e. The minimum atomic E-state index is -1.02. The molecule has 3 fully saturated rings. The van der Waals surface area contributed by atoms with E-state index in [2.05, 4.69) is 36.7 Å². The number of carbonyl (C=O) groups is 3. The summed E-state index contributed by atoms with van der Waals surface area (Å²) in [5.41, 5.74) is -0.133. The number of aliphatic imine (C=N–C) groups is 1. The molecular weight excluding hydrogens is 527 g/mol. The number of fused-ring (bicyclic) bond motifs is 3. The van der Waals surface area contributed by atoms with Crippen molar-refractivity contribution in [2.24, 2.45) is 20.9 Å². The quantitative estimate of drug-likeness (QED) is 0.288. The van der Waals surface area contributed by atoms with Gasteiger partial charge in [0.25, 0.3) is 11.8 Å². The highest BCUT2D eigenvalue weighted by Crippen LogP contribution is 2.57. The normalized spacial score (nSPS) is 25.3. The van der Waals surface area contributed by atoms with E-state index in [0.717, 1.165) is 50.7 Å². The molecule has 3 aliphatic carbocycles. The second-order valence-electron chi connectivity index (χ2n) is 10.4. The molecule has 1 aromatic rings. The number of esters is 1. The van der Waals surface area contributed by atoms with Crippen LogP contribution >= 0.6 is 9.24 Å². The number of carbonyl (C=O) groups excluding carboxylic acids is 3. The third kappa shape index (κ3) is 5.78. The number of nitrogens with zero attached hydrogens (tertiary/aromatic N) is 3. The monoisotopic (exact) mass is 559 g/mol. The Hall–Kier alpha value is -3.46. The SMILES string of the molecule is C=NN1C(C(=O)NCC23CCC(C(=O)OC)(CC2)CC3)=CC(C(=O)NCc2ccc(F)c(F)c2)=N/C1=C(/C)P. The predicted octanol–water partition coefficient (Wildman–Crippen LogP) is 3.53. The molecule has 0 radical (unpaired) electrons. The van der Waals surface area contributed by atoms with Gasteiger partial charge in [-0.1, -0.05) is 6.07 Å². The molecule has 2 N–H and O–H groups in total. The lowest BCUT2D eigenvalue weighted by molar-refractivity contribution is -0.162. The first-order chi connectivity index (χ1) is 18.5. The van der Waals surface area contributed by atoms with Crippen LogP contribution in [0.2, 0.25) is 0 Å². The fourth-order valence-corrected chi connectivity index (χ4v) is 5.69. The summed E-state index contributed by atoms with van der Waals surface area (Å²) in [6.45, 7) is 5.64. The number of allylic oxidation sites excluding steroid dienone is 1. The maximum absolute atomic E-state index is 13.5. The molecule has 208 valence electrons. The Kier molecular flexibility index (Phi) is 8.30. The van der Waals surface area contributed by atoms with Crippen molar-refractivity contribution in [1.82, 2.24) is 15.6 Å². The topological polar surface area (TPSA) is 112 Å². The van der Waals surface area contributed by atoms with Crippen LogP contribution in [-0.2, 0) is 25.7 Å². The van der Waals surface area contributed by atoms with E-state index in [1.165, 1.54) is 24.3 Å². The van der Waals surface area contributed by atoms with Gasteiger partial charge in [0, 0.05) is 25.9 Å². The van der Waals surface area contributed by atoms with Crippen molar-refractivity contribution in [2.75, 3.05) is 13.7 Å². The number of ether oxygens (including phenoxy) is 1. The lowest BCUT2D eigenvalue weighted by Crippen LogP contribution is -2.51. The van der Waals surface area contributed by atoms with Crippen LogP contribution in [0.15, 0.2) is 51.2 Å². The summed E-state index contributed by atoms with van der Waals surface area (Å²) in [6.07, 6.45) is 5.93. The summed E-state index contributed by atoms with van der Waals surface area (Å²) in [7, 11) is 3.89. The number of methoxy groups -OCH3 is 1. The summed E-state index contributed by atoms with van der Waals surface area (Å²) < 4.78 is 31.8. The number of amides is 2. The van der Waals surface area contributed by atoms with E-state index in [1.807, 2.05) is 0 Å². The van der Waals surface area contributed by atoms with E-state index in [-0.39, 0.29) is 35.2 Å². The first kappa shape index (κ1) is 28.5. The molecule has 4 aliphatic rings. The van der Waals surface area contributed by atoms with Gasteiger partial charge in [-0.25, -0.2) is 18.8 Å². The van der Waals surface area contributed by atoms with Gasteiger partial charge in [-0.15, -0.1) is 9.24 Å². The van der Waals surface area contributed by atoms with E-state index < -0.39 is 28.9 Å². The molecule has 1 aromatic carbocycles. The van der Waals surface area contributed by atoms with E-state index >= 15 is 0 Å². The summed E-state index contributed by atoms with van der Waals surface area (Å²) in [4.78, 5) is 43.0. The average molecular weight is 560 g/mol. The molecule has 0 aromatic heterocycles. The van der Waals surface area contributed by atoms with E-state index in [1.54, 1.807) is 6.92 Å². The Morgan fingerprint density at radius 2 is 1.77 bits per heavy atom. The van der Waals surface area contributed by atoms with Crippen LogP contribution in [0.4, 0.5) is 8.78 Å². The van der Waals surface area contributed by atoms with Crippen LogP contribution in [0.25, 0.3) is 0 Å². The summed E-state index contributed by atoms with van der Waals surface area (Å²) in [5, 5.41) is 11.5. The maximum atomic E-state index is 13.5. The van der Waals surface area contributed by atoms with E-state index in [4.69, 9.17) is 4.74 Å². The Morgan fingerprint density at radius 1 is 1.10 bits per heavy atom. The molecule has 5 rings (SSSR count). The average Bonchev–Trinajstić information content (AvgIpc) is 2.96. The number of nitrogens with one attached hydrogen (secondary N) is 2. The lowest BCUT2D eigenvalue weighted by Gasteiger charge is -2.51. The lowest BCUT2D eigenvalue weighted by atomic mass is 9.53. The van der Waals surface area contributed by atoms with Crippen molar-refractivity contribution < 1.29 is 27.9 Å². The van der Waals surface area contributed by atoms with Gasteiger partial charge in [0.15, 0.2) is 17.5 Å². The van der Waals surface area contributed by atoms with Gasteiger partial charge in [-0.05, 0) is 73.9 Å². The molecule has 1 aliphatic heterocycles. The second-order valence-corrected chi connectivity index (χ2v) is 11.2. The van der Waals surface area contributed by atoms with Crippen molar-refractivity contribution in [3.63, 3.8) is 0 Å². The molecule has 2 amide bonds. The van der Waals surface area contributed by atoms with Gasteiger partial charge >= 0.3 is 5.97 Å². The Labute approximate surface area is 228 Å². The molecular formula is C27H32F2N5O4P. The highest BCUT2D eigenvalue weighted by Gasteiger charge is 2.53. The number of hydrazone groups is 1. The van der Waals surface area contributed by atoms with E-state index in [0.29, 0.717) is 17.4 Å². The van der Waals surface area contributed by atoms with Crippen molar-refractivity contribution in [1.29, 1.82) is 0 Å². The van der Waals surface area contributed by atoms with Crippen LogP contribution in [0.3, 0.4) is 0 Å². The standard InChI is InChI=1S/C27H32F2N5O4P/c1-16(39)22-33-20(23(35)31-14-17-4-5-18(28)19(29)12-17)13-21(34(22)30-2)24(36)32-15-26-6-9-27(10-7-26,11-8-26)25(37)38-3/h4-5,12-13H,2,6-11,14-15,39H2,1,3H3,(H,31,35)(H,32,36)/b22-16+. The Bertz CT molecular complexity index is 1280. The second kappa shape index (κ2) is 11.3. The van der Waals surface area contributed by atoms with Gasteiger partial charge in [0.1, 0.15) is 11.4 Å². The highest BCUT2D eigenvalue weighted by atomic mass is 31.0. The van der Waals surface area contributed by atoms with Gasteiger partial charge < -0.3 is 15.4 Å². The minimum absolute atomic E-state index is 0.0456. The molecule has 2 bridgehead atoms. The zero-order valence-electron chi connectivity index (χ0n) is 22.0. The molecule has 1 heterocycles. The summed E-state index contributed by atoms with van der Waals surface area (Å²) >= 11 is 0. The molecule has 39 heavy (non-hydrogen) atoms. The maximum Gasteiger partial charge on any atom is 0.311 e. The third-order valence-electron chi connectivity index (χ3n) is 7.97. The van der Waals surface area contributed by atoms with Crippen molar-refractivity contribution in [3.8, 4) is 0 Å². The zero-order valence-corrected chi connectivity index (χ0v) is 23.1. The Balaban J connectivity index is 1.48. The molecule has 1 unspecified atom stereocenters. The molecule has 0 spiro atoms. The van der Waals surface area contributed by atoms with Crippen LogP contribution < -0.4 is 10.6 Å². The number of benzene rings is 1. The van der Waals surface area contributed by atoms with Gasteiger partial charge in [-0.3, -0.25) is 14.4 Å². The predicted molar refractivity (Wildman–Crippen MR) is 145 cm³/mol. The zero-order chi connectivity index (χ0) is 28.4. The molecule has 1 atom stereocenters. The van der Waals surface area contributed by atoms with Crippen LogP contribution in [-0.4, -0.2) is 48.9 Å². The summed E-state index contributed by atoms with van der Waals surface area (Å²) in [5.74, 6) is -2.95. The number of rotatable bonds is 8. The Morgan fingerprint density at radius 3 is 2.33 bits per heavy atom. The fourth-order valence-electron chi connectivity index (χ4n) is 5.51. The van der Waals surface area contributed by atoms with Gasteiger partial charge in [0.05, 0.1) is 12.5 Å². The summed E-state index contributed by atoms with van der Waals surface area (Å²) in [6, 6.07) is 3.35. The van der Waals surface area contributed by atoms with Crippen molar-refractivity contribution in [3.05, 3.63) is 58.3 Å². The van der Waals surface area contributed by atoms with Gasteiger partial charge in [-0.2, -0.15) is 5.10 Å². The largest absolute Gasteiger partial charge is 0.469 e. The van der Waals surface area contributed by atoms with Crippen molar-refractivity contribution >= 4 is 39.5 Å². The van der Waals surface area contributed by atoms with Gasteiger partial charge in [0.2, 0.25) is 0 Å².